The van der Waals surface area contributed by atoms with Gasteiger partial charge in [-0.05, 0) is 25.8 Å². The first-order valence-corrected chi connectivity index (χ1v) is 8.31. The second-order valence-electron chi connectivity index (χ2n) is 6.27. The van der Waals surface area contributed by atoms with E-state index in [1.165, 1.54) is 11.9 Å². The highest BCUT2D eigenvalue weighted by Crippen LogP contribution is 2.34. The van der Waals surface area contributed by atoms with E-state index in [-0.39, 0.29) is 6.10 Å². The van der Waals surface area contributed by atoms with Crippen LogP contribution in [-0.2, 0) is 4.74 Å². The lowest BCUT2D eigenvalue weighted by atomic mass is 9.95. The summed E-state index contributed by atoms with van der Waals surface area (Å²) in [7, 11) is 0. The summed E-state index contributed by atoms with van der Waals surface area (Å²) in [5.41, 5.74) is 3.32. The van der Waals surface area contributed by atoms with E-state index in [1.54, 1.807) is 4.52 Å². The molecule has 1 aliphatic heterocycles. The molecule has 0 bridgehead atoms. The zero-order chi connectivity index (χ0) is 16.5. The van der Waals surface area contributed by atoms with Gasteiger partial charge in [0.05, 0.1) is 6.10 Å². The summed E-state index contributed by atoms with van der Waals surface area (Å²) in [6.45, 7) is 5.70. The maximum atomic E-state index is 5.98. The molecule has 0 unspecified atom stereocenters. The lowest BCUT2D eigenvalue weighted by molar-refractivity contribution is 0.0933. The molecule has 1 aromatic carbocycles. The molecule has 0 radical (unpaired) electrons. The number of nitrogens with zero attached hydrogens (tertiary/aromatic N) is 4. The van der Waals surface area contributed by atoms with Crippen molar-refractivity contribution in [3.05, 3.63) is 53.5 Å². The number of rotatable bonds is 4. The predicted molar refractivity (Wildman–Crippen MR) is 92.0 cm³/mol. The zero-order valence-electron chi connectivity index (χ0n) is 13.9. The maximum Gasteiger partial charge on any atom is 0.254 e. The lowest BCUT2D eigenvalue weighted by Crippen LogP contribution is -2.20. The summed E-state index contributed by atoms with van der Waals surface area (Å²) in [4.78, 5) is 8.66. The third kappa shape index (κ3) is 2.63. The summed E-state index contributed by atoms with van der Waals surface area (Å²) in [6.07, 6.45) is 2.74. The van der Waals surface area contributed by atoms with Crippen LogP contribution in [-0.4, -0.2) is 32.7 Å². The number of nitrogens with one attached hydrogen (secondary N) is 1. The van der Waals surface area contributed by atoms with Gasteiger partial charge in [0, 0.05) is 30.3 Å². The van der Waals surface area contributed by atoms with Crippen LogP contribution < -0.4 is 5.32 Å². The van der Waals surface area contributed by atoms with Crippen LogP contribution in [0.2, 0.25) is 0 Å². The minimum Gasteiger partial charge on any atom is -0.373 e. The molecule has 3 aromatic rings. The van der Waals surface area contributed by atoms with Crippen molar-refractivity contribution in [2.75, 3.05) is 18.5 Å². The first-order chi connectivity index (χ1) is 11.7. The Balaban J connectivity index is 1.57. The van der Waals surface area contributed by atoms with Crippen LogP contribution in [0.5, 0.6) is 0 Å². The Bertz CT molecular complexity index is 845. The fourth-order valence-corrected chi connectivity index (χ4v) is 3.32. The van der Waals surface area contributed by atoms with Crippen molar-refractivity contribution in [1.82, 2.24) is 19.6 Å². The maximum absolute atomic E-state index is 5.98. The smallest absolute Gasteiger partial charge is 0.254 e. The molecule has 4 rings (SSSR count). The van der Waals surface area contributed by atoms with Gasteiger partial charge in [-0.2, -0.15) is 14.6 Å². The molecule has 0 saturated carbocycles. The topological polar surface area (TPSA) is 64.3 Å². The monoisotopic (exact) mass is 323 g/mol. The van der Waals surface area contributed by atoms with Crippen molar-refractivity contribution in [3.8, 4) is 0 Å². The number of anilines is 1. The van der Waals surface area contributed by atoms with E-state index in [9.17, 15) is 0 Å². The summed E-state index contributed by atoms with van der Waals surface area (Å²) in [5, 5.41) is 7.86. The molecular weight excluding hydrogens is 302 g/mol. The molecule has 1 N–H and O–H groups in total. The Kier molecular flexibility index (Phi) is 3.90. The number of ether oxygens (including phenoxy) is 1. The number of fused-ring (bicyclic) bond motifs is 1. The van der Waals surface area contributed by atoms with Gasteiger partial charge >= 0.3 is 0 Å². The van der Waals surface area contributed by atoms with Gasteiger partial charge in [0.25, 0.3) is 5.78 Å². The molecular formula is C18H21N5O. The van der Waals surface area contributed by atoms with Crippen LogP contribution in [0.1, 0.15) is 29.3 Å². The molecule has 124 valence electrons. The van der Waals surface area contributed by atoms with Gasteiger partial charge in [-0.25, -0.2) is 4.98 Å². The summed E-state index contributed by atoms with van der Waals surface area (Å²) < 4.78 is 7.75. The second kappa shape index (κ2) is 6.20. The van der Waals surface area contributed by atoms with Gasteiger partial charge in [0.1, 0.15) is 12.1 Å². The lowest BCUT2D eigenvalue weighted by Gasteiger charge is -2.21. The Labute approximate surface area is 140 Å². The summed E-state index contributed by atoms with van der Waals surface area (Å²) >= 11 is 0. The van der Waals surface area contributed by atoms with Crippen LogP contribution in [0, 0.1) is 19.8 Å². The molecule has 6 nitrogen and oxygen atoms in total. The highest BCUT2D eigenvalue weighted by atomic mass is 16.5. The predicted octanol–water partition coefficient (Wildman–Crippen LogP) is 2.93. The van der Waals surface area contributed by atoms with E-state index in [0.717, 1.165) is 36.6 Å². The number of aromatic nitrogens is 4. The Morgan fingerprint density at radius 2 is 2.08 bits per heavy atom. The van der Waals surface area contributed by atoms with Gasteiger partial charge in [-0.1, -0.05) is 30.3 Å². The zero-order valence-corrected chi connectivity index (χ0v) is 13.9. The number of aryl methyl sites for hydroxylation is 1. The van der Waals surface area contributed by atoms with Crippen molar-refractivity contribution in [2.24, 2.45) is 5.92 Å². The molecule has 2 atom stereocenters. The Morgan fingerprint density at radius 1 is 1.25 bits per heavy atom. The minimum absolute atomic E-state index is 0.146. The van der Waals surface area contributed by atoms with Gasteiger partial charge < -0.3 is 10.1 Å². The van der Waals surface area contributed by atoms with Crippen LogP contribution in [0.3, 0.4) is 0 Å². The van der Waals surface area contributed by atoms with Crippen molar-refractivity contribution >= 4 is 11.6 Å². The molecule has 0 amide bonds. The largest absolute Gasteiger partial charge is 0.373 e. The number of hydrogen-bond acceptors (Lipinski definition) is 5. The fourth-order valence-electron chi connectivity index (χ4n) is 3.32. The Morgan fingerprint density at radius 3 is 2.92 bits per heavy atom. The Hall–Kier alpha value is -2.47. The van der Waals surface area contributed by atoms with Gasteiger partial charge in [-0.15, -0.1) is 0 Å². The third-order valence-corrected chi connectivity index (χ3v) is 4.78. The molecule has 24 heavy (non-hydrogen) atoms. The standard InChI is InChI=1S/C18H21N5O/c1-12-13(2)22-18-20-11-21-23(18)17(12)19-10-15-8-9-24-16(15)14-6-4-3-5-7-14/h3-7,11,15-16,19H,8-10H2,1-2H3/t15-,16-/m1/s1. The van der Waals surface area contributed by atoms with E-state index in [0.29, 0.717) is 11.7 Å². The SMILES string of the molecule is Cc1nc2ncnn2c(NC[C@H]2CCO[C@@H]2c2ccccc2)c1C. The molecule has 1 saturated heterocycles. The van der Waals surface area contributed by atoms with Crippen molar-refractivity contribution in [3.63, 3.8) is 0 Å². The van der Waals surface area contributed by atoms with Crippen LogP contribution in [0.25, 0.3) is 5.78 Å². The van der Waals surface area contributed by atoms with E-state index in [2.05, 4.69) is 51.6 Å². The van der Waals surface area contributed by atoms with Crippen molar-refractivity contribution < 1.29 is 4.74 Å². The van der Waals surface area contributed by atoms with E-state index >= 15 is 0 Å². The van der Waals surface area contributed by atoms with Crippen LogP contribution in [0.4, 0.5) is 5.82 Å². The molecule has 1 fully saturated rings. The quantitative estimate of drug-likeness (QED) is 0.800. The highest BCUT2D eigenvalue weighted by Gasteiger charge is 2.29. The van der Waals surface area contributed by atoms with Gasteiger partial charge in [-0.3, -0.25) is 0 Å². The number of hydrogen-bond donors (Lipinski definition) is 1. The summed E-state index contributed by atoms with van der Waals surface area (Å²) in [5.74, 6) is 2.02. The van der Waals surface area contributed by atoms with Crippen molar-refractivity contribution in [2.45, 2.75) is 26.4 Å². The number of benzene rings is 1. The van der Waals surface area contributed by atoms with Crippen molar-refractivity contribution in [1.29, 1.82) is 0 Å². The average Bonchev–Trinajstić information content (AvgIpc) is 3.25. The van der Waals surface area contributed by atoms with Gasteiger partial charge in [0.2, 0.25) is 0 Å². The molecule has 0 aliphatic carbocycles. The van der Waals surface area contributed by atoms with E-state index < -0.39 is 0 Å². The average molecular weight is 323 g/mol. The van der Waals surface area contributed by atoms with E-state index in [4.69, 9.17) is 4.74 Å². The first kappa shape index (κ1) is 15.1. The fraction of sp³-hybridized carbons (Fsp3) is 0.389. The molecule has 1 aliphatic rings. The van der Waals surface area contributed by atoms with Gasteiger partial charge in [0.15, 0.2) is 0 Å². The second-order valence-corrected chi connectivity index (χ2v) is 6.27. The third-order valence-electron chi connectivity index (χ3n) is 4.78. The molecule has 3 heterocycles. The minimum atomic E-state index is 0.146. The normalized spacial score (nSPS) is 20.6. The van der Waals surface area contributed by atoms with E-state index in [1.807, 2.05) is 13.0 Å². The van der Waals surface area contributed by atoms with Crippen LogP contribution in [0.15, 0.2) is 36.7 Å². The molecule has 2 aromatic heterocycles. The highest BCUT2D eigenvalue weighted by molar-refractivity contribution is 5.51. The first-order valence-electron chi connectivity index (χ1n) is 8.31. The molecule has 0 spiro atoms. The molecule has 6 heteroatoms. The summed E-state index contributed by atoms with van der Waals surface area (Å²) in [6, 6.07) is 10.4. The van der Waals surface area contributed by atoms with Crippen LogP contribution >= 0.6 is 0 Å².